The van der Waals surface area contributed by atoms with Crippen LogP contribution >= 0.6 is 0 Å². The number of hydrogen-bond donors (Lipinski definition) is 1. The van der Waals surface area contributed by atoms with Crippen LogP contribution in [0, 0.1) is 0 Å². The number of carbonyl (C=O) groups excluding carboxylic acids is 1. The van der Waals surface area contributed by atoms with Crippen molar-refractivity contribution in [3.05, 3.63) is 35.9 Å². The van der Waals surface area contributed by atoms with Gasteiger partial charge in [0.1, 0.15) is 12.6 Å². The molecule has 240 valence electrons. The number of hydrogen-bond acceptors (Lipinski definition) is 4. The van der Waals surface area contributed by atoms with Crippen molar-refractivity contribution >= 4 is 5.91 Å². The number of nitrogens with zero attached hydrogens (tertiary/aromatic N) is 1. The van der Waals surface area contributed by atoms with E-state index in [9.17, 15) is 4.79 Å². The first-order chi connectivity index (χ1) is 19.3. The minimum atomic E-state index is -0.816. The van der Waals surface area contributed by atoms with Gasteiger partial charge in [-0.1, -0.05) is 134 Å². The maximum absolute atomic E-state index is 12.3. The third-order valence-electron chi connectivity index (χ3n) is 7.41. The summed E-state index contributed by atoms with van der Waals surface area (Å²) in [7, 11) is 6.38. The highest BCUT2D eigenvalue weighted by molar-refractivity contribution is 5.79. The van der Waals surface area contributed by atoms with Gasteiger partial charge in [-0.2, -0.15) is 0 Å². The topological polar surface area (TPSA) is 70.8 Å². The summed E-state index contributed by atoms with van der Waals surface area (Å²) in [6.07, 6.45) is 19.9. The van der Waals surface area contributed by atoms with Crippen LogP contribution < -0.4 is 29.7 Å². The second-order valence-electron chi connectivity index (χ2n) is 12.4. The number of amides is 1. The van der Waals surface area contributed by atoms with E-state index in [0.717, 1.165) is 29.4 Å². The third kappa shape index (κ3) is 24.4. The van der Waals surface area contributed by atoms with Gasteiger partial charge in [-0.05, 0) is 12.0 Å². The quantitative estimate of drug-likeness (QED) is 0.0803. The van der Waals surface area contributed by atoms with E-state index in [4.69, 9.17) is 19.9 Å². The molecule has 6 nitrogen and oxygen atoms in total. The van der Waals surface area contributed by atoms with Crippen LogP contribution in [0.1, 0.15) is 115 Å². The Labute approximate surface area is 270 Å². The van der Waals surface area contributed by atoms with Crippen LogP contribution in [0.25, 0.3) is 0 Å². The summed E-state index contributed by atoms with van der Waals surface area (Å²) in [5.74, 6) is -0.496. The Morgan fingerprint density at radius 1 is 0.732 bits per heavy atom. The zero-order valence-corrected chi connectivity index (χ0v) is 29.1. The van der Waals surface area contributed by atoms with E-state index in [0.29, 0.717) is 19.8 Å². The van der Waals surface area contributed by atoms with Crippen LogP contribution in [0.4, 0.5) is 0 Å². The largest absolute Gasteiger partial charge is 1.00 e. The first-order valence-corrected chi connectivity index (χ1v) is 16.3. The van der Waals surface area contributed by atoms with E-state index in [2.05, 4.69) is 28.1 Å². The fraction of sp³-hybridized carbons (Fsp3) is 0.794. The number of ether oxygens (including phenoxy) is 3. The number of unbranched alkanes of at least 4 members (excludes halogenated alkanes) is 15. The summed E-state index contributed by atoms with van der Waals surface area (Å²) in [6, 6.07) is 9.94. The summed E-state index contributed by atoms with van der Waals surface area (Å²) in [6.45, 7) is 4.90. The molecule has 41 heavy (non-hydrogen) atoms. The maximum Gasteiger partial charge on any atom is 0.249 e. The number of benzene rings is 1. The molecular weight excluding hydrogens is 627 g/mol. The molecule has 0 bridgehead atoms. The Kier molecular flexibility index (Phi) is 26.4. The Morgan fingerprint density at radius 2 is 1.22 bits per heavy atom. The van der Waals surface area contributed by atoms with Gasteiger partial charge in [-0.3, -0.25) is 4.79 Å². The maximum atomic E-state index is 12.3. The van der Waals surface area contributed by atoms with Crippen molar-refractivity contribution in [3.8, 4) is 0 Å². The SMILES string of the molecule is CCCCCCCCCCCCCCCCCCOC(C(N)=O)C(COCC[N+](C)(C)C)OCc1ccccc1.[I-]. The molecule has 2 atom stereocenters. The van der Waals surface area contributed by atoms with Crippen molar-refractivity contribution < 1.29 is 47.5 Å². The first-order valence-electron chi connectivity index (χ1n) is 16.3. The van der Waals surface area contributed by atoms with E-state index < -0.39 is 18.1 Å². The monoisotopic (exact) mass is 690 g/mol. The molecule has 0 fully saturated rings. The van der Waals surface area contributed by atoms with Crippen molar-refractivity contribution in [1.82, 2.24) is 0 Å². The fourth-order valence-electron chi connectivity index (χ4n) is 4.77. The Bertz CT molecular complexity index is 714. The number of likely N-dealkylation sites (N-methyl/N-ethyl adjacent to an activating group) is 1. The summed E-state index contributed by atoms with van der Waals surface area (Å²) in [5.41, 5.74) is 6.79. The number of primary amides is 1. The number of halogens is 1. The van der Waals surface area contributed by atoms with E-state index in [1.165, 1.54) is 89.9 Å². The highest BCUT2D eigenvalue weighted by Crippen LogP contribution is 2.15. The summed E-state index contributed by atoms with van der Waals surface area (Å²) in [4.78, 5) is 12.3. The van der Waals surface area contributed by atoms with E-state index >= 15 is 0 Å². The molecule has 0 heterocycles. The van der Waals surface area contributed by atoms with Crippen molar-refractivity contribution in [2.24, 2.45) is 5.73 Å². The molecule has 0 aliphatic heterocycles. The lowest BCUT2D eigenvalue weighted by Crippen LogP contribution is -3.00. The van der Waals surface area contributed by atoms with Crippen LogP contribution in [0.5, 0.6) is 0 Å². The van der Waals surface area contributed by atoms with Crippen LogP contribution in [0.15, 0.2) is 30.3 Å². The Balaban J connectivity index is 0.0000160. The van der Waals surface area contributed by atoms with Crippen LogP contribution in [-0.2, 0) is 25.6 Å². The smallest absolute Gasteiger partial charge is 0.249 e. The minimum absolute atomic E-state index is 0. The van der Waals surface area contributed by atoms with Crippen molar-refractivity contribution in [1.29, 1.82) is 0 Å². The average Bonchev–Trinajstić information content (AvgIpc) is 2.92. The van der Waals surface area contributed by atoms with Crippen LogP contribution in [0.2, 0.25) is 0 Å². The number of carbonyl (C=O) groups is 1. The molecule has 2 unspecified atom stereocenters. The fourth-order valence-corrected chi connectivity index (χ4v) is 4.77. The van der Waals surface area contributed by atoms with E-state index in [-0.39, 0.29) is 30.6 Å². The van der Waals surface area contributed by atoms with Gasteiger partial charge in [0.25, 0.3) is 0 Å². The van der Waals surface area contributed by atoms with Gasteiger partial charge in [0.2, 0.25) is 5.91 Å². The number of quaternary nitrogens is 1. The summed E-state index contributed by atoms with van der Waals surface area (Å²) in [5, 5.41) is 0. The highest BCUT2D eigenvalue weighted by Gasteiger charge is 2.29. The van der Waals surface area contributed by atoms with Crippen molar-refractivity contribution in [3.63, 3.8) is 0 Å². The van der Waals surface area contributed by atoms with Gasteiger partial charge in [-0.25, -0.2) is 0 Å². The average molecular weight is 691 g/mol. The second-order valence-corrected chi connectivity index (χ2v) is 12.4. The predicted octanol–water partition coefficient (Wildman–Crippen LogP) is 4.43. The molecule has 1 aromatic rings. The van der Waals surface area contributed by atoms with Gasteiger partial charge < -0.3 is 48.4 Å². The zero-order valence-electron chi connectivity index (χ0n) is 26.9. The molecule has 0 aliphatic carbocycles. The summed E-state index contributed by atoms with van der Waals surface area (Å²) < 4.78 is 18.8. The van der Waals surface area contributed by atoms with Crippen LogP contribution in [0.3, 0.4) is 0 Å². The van der Waals surface area contributed by atoms with Gasteiger partial charge >= 0.3 is 0 Å². The normalized spacial score (nSPS) is 13.1. The lowest BCUT2D eigenvalue weighted by Gasteiger charge is -2.27. The molecule has 0 saturated carbocycles. The second kappa shape index (κ2) is 26.9. The lowest BCUT2D eigenvalue weighted by molar-refractivity contribution is -0.870. The molecule has 0 spiro atoms. The molecular formula is C34H63IN2O4. The standard InChI is InChI=1S/C34H62N2O4.HI/c1-5-6-7-8-9-10-11-12-13-14-15-16-17-18-19-23-27-39-33(34(35)37)32(30-38-28-26-36(2,3)4)40-29-31-24-21-20-22-25-31;/h20-22,24-25,32-33H,5-19,23,26-30H2,1-4H3,(H-,35,37);1H. The molecule has 1 rings (SSSR count). The van der Waals surface area contributed by atoms with Gasteiger partial charge in [0.15, 0.2) is 6.10 Å². The van der Waals surface area contributed by atoms with Crippen molar-refractivity contribution in [2.75, 3.05) is 47.5 Å². The van der Waals surface area contributed by atoms with E-state index in [1.807, 2.05) is 30.3 Å². The molecule has 7 heteroatoms. The van der Waals surface area contributed by atoms with Gasteiger partial charge in [-0.15, -0.1) is 0 Å². The first kappa shape index (κ1) is 40.3. The summed E-state index contributed by atoms with van der Waals surface area (Å²) >= 11 is 0. The minimum Gasteiger partial charge on any atom is -1.00 e. The van der Waals surface area contributed by atoms with Gasteiger partial charge in [0, 0.05) is 6.61 Å². The molecule has 0 aromatic heterocycles. The number of rotatable bonds is 28. The van der Waals surface area contributed by atoms with Gasteiger partial charge in [0.05, 0.1) is 41.0 Å². The lowest BCUT2D eigenvalue weighted by atomic mass is 10.0. The molecule has 2 N–H and O–H groups in total. The molecule has 0 aliphatic rings. The van der Waals surface area contributed by atoms with Crippen LogP contribution in [-0.4, -0.2) is 70.1 Å². The zero-order chi connectivity index (χ0) is 29.3. The number of nitrogens with two attached hydrogens (primary N) is 1. The predicted molar refractivity (Wildman–Crippen MR) is 167 cm³/mol. The molecule has 1 amide bonds. The molecule has 1 aromatic carbocycles. The molecule has 0 radical (unpaired) electrons. The van der Waals surface area contributed by atoms with E-state index in [1.54, 1.807) is 0 Å². The molecule has 0 saturated heterocycles. The van der Waals surface area contributed by atoms with Crippen molar-refractivity contribution in [2.45, 2.75) is 128 Å². The Morgan fingerprint density at radius 3 is 1.68 bits per heavy atom. The highest BCUT2D eigenvalue weighted by atomic mass is 127. The Hall–Kier alpha value is -0.740. The third-order valence-corrected chi connectivity index (χ3v) is 7.41.